The van der Waals surface area contributed by atoms with Crippen molar-refractivity contribution in [3.8, 4) is 0 Å². The fourth-order valence-corrected chi connectivity index (χ4v) is 8.95. The van der Waals surface area contributed by atoms with E-state index in [0.29, 0.717) is 12.8 Å². The largest absolute Gasteiger partial charge is 0.394 e. The number of carbonyl (C=O) groups excluding carboxylic acids is 1. The van der Waals surface area contributed by atoms with Gasteiger partial charge in [0.25, 0.3) is 0 Å². The van der Waals surface area contributed by atoms with Gasteiger partial charge in [-0.15, -0.1) is 0 Å². The first kappa shape index (κ1) is 57.4. The number of carbonyl (C=O) groups is 1. The number of unbranched alkanes of at least 4 members (excludes halogenated alkanes) is 44. The second kappa shape index (κ2) is 50.7. The normalized spacial score (nSPS) is 12.7. The van der Waals surface area contributed by atoms with Crippen molar-refractivity contribution in [3.05, 3.63) is 0 Å². The average Bonchev–Trinajstić information content (AvgIpc) is 3.23. The minimum Gasteiger partial charge on any atom is -0.394 e. The van der Waals surface area contributed by atoms with E-state index in [9.17, 15) is 15.0 Å². The summed E-state index contributed by atoms with van der Waals surface area (Å²) in [5, 5.41) is 23.2. The Balaban J connectivity index is 3.34. The lowest BCUT2D eigenvalue weighted by Gasteiger charge is -2.22. The molecule has 58 heavy (non-hydrogen) atoms. The molecule has 0 fully saturated rings. The first-order chi connectivity index (χ1) is 28.7. The molecule has 0 heterocycles. The van der Waals surface area contributed by atoms with Crippen molar-refractivity contribution in [2.24, 2.45) is 0 Å². The van der Waals surface area contributed by atoms with Crippen LogP contribution in [0, 0.1) is 0 Å². The van der Waals surface area contributed by atoms with E-state index in [1.807, 2.05) is 0 Å². The summed E-state index contributed by atoms with van der Waals surface area (Å²) in [6, 6.07) is -0.530. The molecular weight excluding hydrogens is 711 g/mol. The van der Waals surface area contributed by atoms with Crippen molar-refractivity contribution in [3.63, 3.8) is 0 Å². The van der Waals surface area contributed by atoms with Gasteiger partial charge in [0.05, 0.1) is 18.8 Å². The van der Waals surface area contributed by atoms with Crippen LogP contribution in [0.4, 0.5) is 0 Å². The van der Waals surface area contributed by atoms with E-state index in [0.717, 1.165) is 25.7 Å². The van der Waals surface area contributed by atoms with E-state index in [-0.39, 0.29) is 12.5 Å². The summed E-state index contributed by atoms with van der Waals surface area (Å²) in [5.41, 5.74) is 0. The number of aliphatic hydroxyl groups excluding tert-OH is 2. The monoisotopic (exact) mass is 820 g/mol. The van der Waals surface area contributed by atoms with Crippen LogP contribution < -0.4 is 5.32 Å². The van der Waals surface area contributed by atoms with E-state index >= 15 is 0 Å². The van der Waals surface area contributed by atoms with Crippen LogP contribution >= 0.6 is 0 Å². The zero-order chi connectivity index (χ0) is 42.1. The molecule has 0 aliphatic heterocycles. The Morgan fingerprint density at radius 1 is 0.345 bits per heavy atom. The minimum atomic E-state index is -0.653. The third-order valence-corrected chi connectivity index (χ3v) is 13.1. The second-order valence-corrected chi connectivity index (χ2v) is 19.0. The summed E-state index contributed by atoms with van der Waals surface area (Å²) in [4.78, 5) is 12.4. The lowest BCUT2D eigenvalue weighted by Crippen LogP contribution is -2.45. The van der Waals surface area contributed by atoms with Gasteiger partial charge in [-0.05, 0) is 12.8 Å². The summed E-state index contributed by atoms with van der Waals surface area (Å²) in [6.45, 7) is 4.39. The van der Waals surface area contributed by atoms with Crippen molar-refractivity contribution in [2.45, 2.75) is 334 Å². The molecule has 0 aromatic rings. The quantitative estimate of drug-likeness (QED) is 0.0536. The highest BCUT2D eigenvalue weighted by atomic mass is 16.3. The van der Waals surface area contributed by atoms with Crippen LogP contribution in [-0.4, -0.2) is 34.9 Å². The maximum atomic E-state index is 12.4. The van der Waals surface area contributed by atoms with Gasteiger partial charge >= 0.3 is 0 Å². The van der Waals surface area contributed by atoms with Crippen LogP contribution in [0.15, 0.2) is 0 Å². The number of hydrogen-bond acceptors (Lipinski definition) is 3. The van der Waals surface area contributed by atoms with E-state index in [1.165, 1.54) is 270 Å². The van der Waals surface area contributed by atoms with E-state index < -0.39 is 12.1 Å². The molecule has 0 aromatic heterocycles. The van der Waals surface area contributed by atoms with Crippen LogP contribution in [-0.2, 0) is 4.79 Å². The Labute approximate surface area is 365 Å². The first-order valence-electron chi connectivity index (χ1n) is 27.2. The van der Waals surface area contributed by atoms with Crippen molar-refractivity contribution in [2.75, 3.05) is 6.61 Å². The molecule has 0 aliphatic carbocycles. The molecule has 2 atom stereocenters. The summed E-state index contributed by atoms with van der Waals surface area (Å²) in [6.07, 6.45) is 63.8. The van der Waals surface area contributed by atoms with Crippen molar-refractivity contribution >= 4 is 5.91 Å². The summed E-state index contributed by atoms with van der Waals surface area (Å²) in [5.74, 6) is -0.0239. The lowest BCUT2D eigenvalue weighted by atomic mass is 10.0. The van der Waals surface area contributed by atoms with Gasteiger partial charge < -0.3 is 15.5 Å². The first-order valence-corrected chi connectivity index (χ1v) is 27.2. The van der Waals surface area contributed by atoms with Crippen LogP contribution in [0.1, 0.15) is 322 Å². The Morgan fingerprint density at radius 2 is 0.552 bits per heavy atom. The molecule has 0 aliphatic rings. The molecule has 4 nitrogen and oxygen atoms in total. The van der Waals surface area contributed by atoms with Crippen LogP contribution in [0.3, 0.4) is 0 Å². The number of nitrogens with one attached hydrogen (secondary N) is 1. The molecule has 3 N–H and O–H groups in total. The highest BCUT2D eigenvalue weighted by Gasteiger charge is 2.20. The van der Waals surface area contributed by atoms with Gasteiger partial charge in [-0.3, -0.25) is 4.79 Å². The predicted molar refractivity (Wildman–Crippen MR) is 258 cm³/mol. The third kappa shape index (κ3) is 46.5. The van der Waals surface area contributed by atoms with Crippen molar-refractivity contribution in [1.82, 2.24) is 5.32 Å². The molecule has 0 rings (SSSR count). The molecular formula is C54H109NO3. The Morgan fingerprint density at radius 3 is 0.776 bits per heavy atom. The molecule has 0 bridgehead atoms. The SMILES string of the molecule is CCCCCCCCCCCCCCCCCCCCCCCCCCCCCCCCCCCC(=O)NC(CO)C(O)CCCCCCCCCCCCCCC. The number of amides is 1. The minimum absolute atomic E-state index is 0.0239. The molecule has 0 saturated carbocycles. The Hall–Kier alpha value is -0.610. The Kier molecular flexibility index (Phi) is 50.2. The van der Waals surface area contributed by atoms with Crippen LogP contribution in [0.5, 0.6) is 0 Å². The fourth-order valence-electron chi connectivity index (χ4n) is 8.95. The molecule has 348 valence electrons. The van der Waals surface area contributed by atoms with Crippen molar-refractivity contribution < 1.29 is 15.0 Å². The van der Waals surface area contributed by atoms with E-state index in [1.54, 1.807) is 0 Å². The topological polar surface area (TPSA) is 69.6 Å². The molecule has 2 unspecified atom stereocenters. The number of hydrogen-bond donors (Lipinski definition) is 3. The lowest BCUT2D eigenvalue weighted by molar-refractivity contribution is -0.123. The third-order valence-electron chi connectivity index (χ3n) is 13.1. The fraction of sp³-hybridized carbons (Fsp3) is 0.981. The van der Waals surface area contributed by atoms with Crippen LogP contribution in [0.2, 0.25) is 0 Å². The molecule has 1 amide bonds. The number of aliphatic hydroxyl groups is 2. The highest BCUT2D eigenvalue weighted by Crippen LogP contribution is 2.18. The van der Waals surface area contributed by atoms with Gasteiger partial charge in [0, 0.05) is 6.42 Å². The Bertz CT molecular complexity index is 759. The number of rotatable bonds is 51. The zero-order valence-corrected chi connectivity index (χ0v) is 40.1. The second-order valence-electron chi connectivity index (χ2n) is 19.0. The van der Waals surface area contributed by atoms with Crippen molar-refractivity contribution in [1.29, 1.82) is 0 Å². The maximum Gasteiger partial charge on any atom is 0.220 e. The van der Waals surface area contributed by atoms with Gasteiger partial charge in [0.1, 0.15) is 0 Å². The molecule has 0 saturated heterocycles. The average molecular weight is 820 g/mol. The predicted octanol–water partition coefficient (Wildman–Crippen LogP) is 17.6. The standard InChI is InChI=1S/C54H109NO3/c1-3-5-7-9-11-13-15-17-18-19-20-21-22-23-24-25-26-27-28-29-30-31-32-33-34-35-36-38-40-42-44-46-48-50-54(58)55-52(51-56)53(57)49-47-45-43-41-39-37-16-14-12-10-8-6-4-2/h52-53,56-57H,3-51H2,1-2H3,(H,55,58). The van der Waals surface area contributed by atoms with Gasteiger partial charge in [0.15, 0.2) is 0 Å². The summed E-state index contributed by atoms with van der Waals surface area (Å²) in [7, 11) is 0. The van der Waals surface area contributed by atoms with Gasteiger partial charge in [0.2, 0.25) is 5.91 Å². The van der Waals surface area contributed by atoms with Gasteiger partial charge in [-0.1, -0.05) is 303 Å². The van der Waals surface area contributed by atoms with E-state index in [2.05, 4.69) is 19.2 Å². The van der Waals surface area contributed by atoms with Crippen LogP contribution in [0.25, 0.3) is 0 Å². The summed E-state index contributed by atoms with van der Waals surface area (Å²) < 4.78 is 0. The van der Waals surface area contributed by atoms with Gasteiger partial charge in [-0.25, -0.2) is 0 Å². The molecule has 0 radical (unpaired) electrons. The van der Waals surface area contributed by atoms with Gasteiger partial charge in [-0.2, -0.15) is 0 Å². The molecule has 0 spiro atoms. The molecule has 0 aromatic carbocycles. The highest BCUT2D eigenvalue weighted by molar-refractivity contribution is 5.76. The molecule has 4 heteroatoms. The maximum absolute atomic E-state index is 12.4. The smallest absolute Gasteiger partial charge is 0.220 e. The summed E-state index contributed by atoms with van der Waals surface area (Å²) >= 11 is 0. The van der Waals surface area contributed by atoms with E-state index in [4.69, 9.17) is 0 Å². The zero-order valence-electron chi connectivity index (χ0n) is 40.1.